The second-order valence-corrected chi connectivity index (χ2v) is 7.41. The number of benzene rings is 1. The van der Waals surface area contributed by atoms with Gasteiger partial charge in [-0.3, -0.25) is 9.59 Å². The zero-order chi connectivity index (χ0) is 20.8. The molecule has 29 heavy (non-hydrogen) atoms. The predicted molar refractivity (Wildman–Crippen MR) is 101 cm³/mol. The maximum Gasteiger partial charge on any atom is 0.292 e. The van der Waals surface area contributed by atoms with Crippen molar-refractivity contribution in [2.75, 3.05) is 26.3 Å². The van der Waals surface area contributed by atoms with Crippen LogP contribution < -0.4 is 5.32 Å². The number of halogens is 2. The zero-order valence-electron chi connectivity index (χ0n) is 16.5. The molecule has 3 rings (SSSR count). The molecule has 158 valence electrons. The van der Waals surface area contributed by atoms with Crippen molar-refractivity contribution in [3.05, 3.63) is 46.9 Å². The van der Waals surface area contributed by atoms with Gasteiger partial charge in [-0.25, -0.2) is 8.78 Å². The van der Waals surface area contributed by atoms with Gasteiger partial charge in [0, 0.05) is 26.1 Å². The number of nitrogens with one attached hydrogen (secondary N) is 1. The Kier molecular flexibility index (Phi) is 7.06. The third-order valence-corrected chi connectivity index (χ3v) is 5.22. The quantitative estimate of drug-likeness (QED) is 0.786. The molecule has 0 unspecified atom stereocenters. The lowest BCUT2D eigenvalue weighted by atomic mass is 9.93. The van der Waals surface area contributed by atoms with Crippen molar-refractivity contribution in [1.29, 1.82) is 0 Å². The molecule has 0 saturated carbocycles. The molecule has 1 N–H and O–H groups in total. The van der Waals surface area contributed by atoms with Crippen LogP contribution in [0.15, 0.2) is 29.7 Å². The Morgan fingerprint density at radius 1 is 1.21 bits per heavy atom. The van der Waals surface area contributed by atoms with Crippen LogP contribution in [0.5, 0.6) is 0 Å². The zero-order valence-corrected chi connectivity index (χ0v) is 16.5. The van der Waals surface area contributed by atoms with Crippen molar-refractivity contribution >= 4 is 11.8 Å². The number of amides is 2. The van der Waals surface area contributed by atoms with Crippen LogP contribution >= 0.6 is 0 Å². The minimum Gasteiger partial charge on any atom is -0.491 e. The van der Waals surface area contributed by atoms with Crippen LogP contribution in [0.25, 0.3) is 0 Å². The molecule has 8 heteroatoms. The van der Waals surface area contributed by atoms with Gasteiger partial charge in [-0.2, -0.15) is 0 Å². The Morgan fingerprint density at radius 2 is 2.00 bits per heavy atom. The third kappa shape index (κ3) is 5.68. The number of nitrogens with zero attached hydrogens (tertiary/aromatic N) is 1. The monoisotopic (exact) mass is 408 g/mol. The molecule has 6 nitrogen and oxygen atoms in total. The lowest BCUT2D eigenvalue weighted by Gasteiger charge is -2.34. The number of carbonyl (C=O) groups excluding carboxylic acids is 2. The third-order valence-electron chi connectivity index (χ3n) is 5.22. The number of hydrogen-bond donors (Lipinski definition) is 1. The number of rotatable bonds is 6. The van der Waals surface area contributed by atoms with E-state index in [1.807, 2.05) is 0 Å². The fourth-order valence-electron chi connectivity index (χ4n) is 3.62. The summed E-state index contributed by atoms with van der Waals surface area (Å²) in [7, 11) is 0. The largest absolute Gasteiger partial charge is 0.491 e. The summed E-state index contributed by atoms with van der Waals surface area (Å²) >= 11 is 0. The van der Waals surface area contributed by atoms with E-state index in [0.29, 0.717) is 50.5 Å². The van der Waals surface area contributed by atoms with Gasteiger partial charge in [-0.05, 0) is 49.8 Å². The van der Waals surface area contributed by atoms with Crippen molar-refractivity contribution in [2.24, 2.45) is 5.92 Å². The molecule has 0 spiro atoms. The summed E-state index contributed by atoms with van der Waals surface area (Å²) in [5.41, 5.74) is 0.505. The van der Waals surface area contributed by atoms with Gasteiger partial charge < -0.3 is 19.7 Å². The molecule has 1 aromatic rings. The average Bonchev–Trinajstić information content (AvgIpc) is 2.73. The lowest BCUT2D eigenvalue weighted by Crippen LogP contribution is -2.42. The summed E-state index contributed by atoms with van der Waals surface area (Å²) in [6.07, 6.45) is 2.80. The Hall–Kier alpha value is -2.64. The molecule has 1 aromatic carbocycles. The number of hydrogen-bond acceptors (Lipinski definition) is 4. The second kappa shape index (κ2) is 9.71. The highest BCUT2D eigenvalue weighted by molar-refractivity contribution is 5.92. The van der Waals surface area contributed by atoms with E-state index < -0.39 is 11.6 Å². The van der Waals surface area contributed by atoms with E-state index in [9.17, 15) is 18.4 Å². The normalized spacial score (nSPS) is 19.4. The Labute approximate surface area is 168 Å². The molecule has 2 aliphatic heterocycles. The number of likely N-dealkylation sites (tertiary alicyclic amines) is 1. The first-order valence-electron chi connectivity index (χ1n) is 9.90. The Balaban J connectivity index is 1.44. The van der Waals surface area contributed by atoms with Crippen LogP contribution in [0.3, 0.4) is 0 Å². The highest BCUT2D eigenvalue weighted by atomic mass is 19.2. The first kappa shape index (κ1) is 21.1. The van der Waals surface area contributed by atoms with Crippen LogP contribution in [-0.2, 0) is 25.6 Å². The smallest absolute Gasteiger partial charge is 0.292 e. The van der Waals surface area contributed by atoms with Gasteiger partial charge in [0.25, 0.3) is 5.91 Å². The predicted octanol–water partition coefficient (Wildman–Crippen LogP) is 2.88. The number of piperidine rings is 1. The van der Waals surface area contributed by atoms with Crippen molar-refractivity contribution in [2.45, 2.75) is 39.2 Å². The minimum absolute atomic E-state index is 0.149. The van der Waals surface area contributed by atoms with Gasteiger partial charge in [0.15, 0.2) is 11.6 Å². The Morgan fingerprint density at radius 3 is 2.76 bits per heavy atom. The summed E-state index contributed by atoms with van der Waals surface area (Å²) < 4.78 is 37.0. The maximum atomic E-state index is 13.2. The maximum absolute atomic E-state index is 13.2. The molecule has 0 aliphatic carbocycles. The minimum atomic E-state index is -0.929. The van der Waals surface area contributed by atoms with Crippen LogP contribution in [0.4, 0.5) is 8.78 Å². The van der Waals surface area contributed by atoms with E-state index in [1.165, 1.54) is 6.07 Å². The highest BCUT2D eigenvalue weighted by Gasteiger charge is 2.29. The van der Waals surface area contributed by atoms with Gasteiger partial charge in [0.2, 0.25) is 11.7 Å². The average molecular weight is 408 g/mol. The van der Waals surface area contributed by atoms with Crippen LogP contribution in [0.1, 0.15) is 38.2 Å². The second-order valence-electron chi connectivity index (χ2n) is 7.41. The van der Waals surface area contributed by atoms with Gasteiger partial charge in [0.05, 0.1) is 0 Å². The molecular weight excluding hydrogens is 382 g/mol. The molecule has 0 aromatic heterocycles. The van der Waals surface area contributed by atoms with Crippen LogP contribution in [0, 0.1) is 17.6 Å². The van der Waals surface area contributed by atoms with E-state index in [1.54, 1.807) is 11.8 Å². The molecule has 0 radical (unpaired) electrons. The molecule has 0 bridgehead atoms. The SMILES string of the molecule is CC1=C(C(=O)N2CCC[C@@H](CCC(=O)NCc3ccc(F)c(F)c3)C2)OCCO1. The van der Waals surface area contributed by atoms with Crippen molar-refractivity contribution in [3.63, 3.8) is 0 Å². The summed E-state index contributed by atoms with van der Waals surface area (Å²) in [6, 6.07) is 3.56. The number of allylic oxidation sites excluding steroid dienone is 1. The standard InChI is InChI=1S/C21H26F2N2O4/c1-14-20(29-10-9-28-14)21(27)25-8-2-3-15(13-25)5-7-19(26)24-12-16-4-6-17(22)18(23)11-16/h4,6,11,15H,2-3,5,7-10,12-13H2,1H3,(H,24,26)/t15-/m0/s1. The molecular formula is C21H26F2N2O4. The van der Waals surface area contributed by atoms with E-state index in [4.69, 9.17) is 9.47 Å². The number of ether oxygens (including phenoxy) is 2. The molecule has 2 amide bonds. The number of carbonyl (C=O) groups is 2. The van der Waals surface area contributed by atoms with Crippen molar-refractivity contribution < 1.29 is 27.8 Å². The van der Waals surface area contributed by atoms with Crippen molar-refractivity contribution in [1.82, 2.24) is 10.2 Å². The van der Waals surface area contributed by atoms with E-state index >= 15 is 0 Å². The Bertz CT molecular complexity index is 797. The molecule has 1 atom stereocenters. The summed E-state index contributed by atoms with van der Waals surface area (Å²) in [4.78, 5) is 26.6. The topological polar surface area (TPSA) is 67.9 Å². The van der Waals surface area contributed by atoms with Crippen molar-refractivity contribution in [3.8, 4) is 0 Å². The summed E-state index contributed by atoms with van der Waals surface area (Å²) in [5, 5.41) is 2.72. The van der Waals surface area contributed by atoms with Gasteiger partial charge in [0.1, 0.15) is 19.0 Å². The van der Waals surface area contributed by atoms with Gasteiger partial charge >= 0.3 is 0 Å². The summed E-state index contributed by atoms with van der Waals surface area (Å²) in [6.45, 7) is 3.94. The fraction of sp³-hybridized carbons (Fsp3) is 0.524. The molecule has 2 heterocycles. The van der Waals surface area contributed by atoms with Gasteiger partial charge in [-0.1, -0.05) is 6.07 Å². The molecule has 1 fully saturated rings. The fourth-order valence-corrected chi connectivity index (χ4v) is 3.62. The van der Waals surface area contributed by atoms with E-state index in [0.717, 1.165) is 25.0 Å². The van der Waals surface area contributed by atoms with Crippen LogP contribution in [0.2, 0.25) is 0 Å². The first-order chi connectivity index (χ1) is 13.9. The van der Waals surface area contributed by atoms with Crippen LogP contribution in [-0.4, -0.2) is 43.0 Å². The van der Waals surface area contributed by atoms with Gasteiger partial charge in [-0.15, -0.1) is 0 Å². The molecule has 1 saturated heterocycles. The summed E-state index contributed by atoms with van der Waals surface area (Å²) in [5.74, 6) is -1.13. The van der Waals surface area contributed by atoms with E-state index in [-0.39, 0.29) is 30.0 Å². The van der Waals surface area contributed by atoms with E-state index in [2.05, 4.69) is 5.32 Å². The molecule has 2 aliphatic rings. The first-order valence-corrected chi connectivity index (χ1v) is 9.90. The highest BCUT2D eigenvalue weighted by Crippen LogP contribution is 2.24. The lowest BCUT2D eigenvalue weighted by molar-refractivity contribution is -0.134.